The van der Waals surface area contributed by atoms with Crippen molar-refractivity contribution in [1.82, 2.24) is 15.0 Å². The van der Waals surface area contributed by atoms with Gasteiger partial charge in [-0.1, -0.05) is 6.07 Å². The molecule has 164 valence electrons. The lowest BCUT2D eigenvalue weighted by Gasteiger charge is -2.25. The predicted molar refractivity (Wildman–Crippen MR) is 116 cm³/mol. The van der Waals surface area contributed by atoms with Crippen LogP contribution in [0.3, 0.4) is 0 Å². The summed E-state index contributed by atoms with van der Waals surface area (Å²) >= 11 is 0. The number of pyridine rings is 2. The van der Waals surface area contributed by atoms with Gasteiger partial charge in [0.25, 0.3) is 11.5 Å². The van der Waals surface area contributed by atoms with Crippen molar-refractivity contribution in [3.8, 4) is 17.0 Å². The second-order valence-electron chi connectivity index (χ2n) is 7.40. The van der Waals surface area contributed by atoms with E-state index in [9.17, 15) is 18.0 Å². The van der Waals surface area contributed by atoms with E-state index in [4.69, 9.17) is 9.94 Å². The van der Waals surface area contributed by atoms with Crippen molar-refractivity contribution in [1.29, 1.82) is 0 Å². The van der Waals surface area contributed by atoms with E-state index in [1.807, 2.05) is 24.3 Å². The van der Waals surface area contributed by atoms with E-state index in [1.165, 1.54) is 23.0 Å². The summed E-state index contributed by atoms with van der Waals surface area (Å²) in [5, 5.41) is 9.80. The van der Waals surface area contributed by atoms with E-state index in [0.29, 0.717) is 11.4 Å². The lowest BCUT2D eigenvalue weighted by molar-refractivity contribution is -0.131. The van der Waals surface area contributed by atoms with E-state index in [-0.39, 0.29) is 18.5 Å². The molecule has 0 aliphatic heterocycles. The zero-order chi connectivity index (χ0) is 22.8. The summed E-state index contributed by atoms with van der Waals surface area (Å²) in [6.07, 6.45) is 2.28. The Bertz CT molecular complexity index is 1300. The number of nitrogens with zero attached hydrogens (tertiary/aromatic N) is 2. The molecule has 1 aromatic carbocycles. The Morgan fingerprint density at radius 3 is 2.52 bits per heavy atom. The molecule has 0 unspecified atom stereocenters. The Balaban J connectivity index is 1.87. The Morgan fingerprint density at radius 2 is 1.90 bits per heavy atom. The topological polar surface area (TPSA) is 128 Å². The first-order valence-corrected chi connectivity index (χ1v) is 11.3. The highest BCUT2D eigenvalue weighted by molar-refractivity contribution is 7.92. The predicted octanol–water partition coefficient (Wildman–Crippen LogP) is 1.77. The minimum atomic E-state index is -3.84. The van der Waals surface area contributed by atoms with Crippen LogP contribution in [0.4, 0.5) is 0 Å². The summed E-state index contributed by atoms with van der Waals surface area (Å²) in [6, 6.07) is 12.4. The summed E-state index contributed by atoms with van der Waals surface area (Å²) in [5.74, 6) is -0.528. The Hall–Kier alpha value is -3.24. The highest BCUT2D eigenvalue weighted by Gasteiger charge is 2.43. The maximum atomic E-state index is 12.6. The van der Waals surface area contributed by atoms with Crippen LogP contribution in [-0.4, -0.2) is 47.2 Å². The van der Waals surface area contributed by atoms with Gasteiger partial charge in [0.05, 0.1) is 12.6 Å². The summed E-state index contributed by atoms with van der Waals surface area (Å²) in [6.45, 7) is 1.20. The van der Waals surface area contributed by atoms with Crippen molar-refractivity contribution in [2.75, 3.05) is 13.4 Å². The standard InChI is InChI=1S/C21H23N3O6S/c1-21(20(26)23-27,31(3,28)29)9-11-24-10-8-15(13-19(24)25)14-4-6-17-16(12-14)5-7-18(22-17)30-2/h4-8,10,12-13,27H,9,11H2,1-3H3,(H,23,26)/t21-/m1/s1. The van der Waals surface area contributed by atoms with Crippen LogP contribution in [0, 0.1) is 0 Å². The number of carbonyl (C=O) groups excluding carboxylic acids is 1. The maximum absolute atomic E-state index is 12.6. The molecule has 1 amide bonds. The zero-order valence-corrected chi connectivity index (χ0v) is 18.1. The molecule has 0 bridgehead atoms. The Kier molecular flexibility index (Phi) is 6.14. The minimum Gasteiger partial charge on any atom is -0.481 e. The average Bonchev–Trinajstić information content (AvgIpc) is 2.75. The zero-order valence-electron chi connectivity index (χ0n) is 17.3. The van der Waals surface area contributed by atoms with Gasteiger partial charge in [0.2, 0.25) is 5.88 Å². The largest absolute Gasteiger partial charge is 0.481 e. The molecule has 9 nitrogen and oxygen atoms in total. The fraction of sp³-hybridized carbons (Fsp3) is 0.286. The normalized spacial score (nSPS) is 13.5. The number of carbonyl (C=O) groups is 1. The number of amides is 1. The number of benzene rings is 1. The molecule has 3 rings (SSSR count). The summed E-state index contributed by atoms with van der Waals surface area (Å²) in [5.41, 5.74) is 3.33. The van der Waals surface area contributed by atoms with Crippen LogP contribution in [-0.2, 0) is 21.2 Å². The first-order chi connectivity index (χ1) is 14.6. The molecule has 0 saturated carbocycles. The van der Waals surface area contributed by atoms with Crippen molar-refractivity contribution < 1.29 is 23.2 Å². The second kappa shape index (κ2) is 8.48. The third-order valence-corrected chi connectivity index (χ3v) is 7.46. The number of methoxy groups -OCH3 is 1. The van der Waals surface area contributed by atoms with Gasteiger partial charge >= 0.3 is 0 Å². The molecule has 0 fully saturated rings. The molecule has 2 aromatic heterocycles. The molecule has 3 aromatic rings. The summed E-state index contributed by atoms with van der Waals surface area (Å²) < 4.78 is 28.7. The number of hydrogen-bond acceptors (Lipinski definition) is 7. The van der Waals surface area contributed by atoms with E-state index in [2.05, 4.69) is 4.98 Å². The number of nitrogens with one attached hydrogen (secondary N) is 1. The van der Waals surface area contributed by atoms with Gasteiger partial charge in [-0.3, -0.25) is 14.8 Å². The molecule has 1 atom stereocenters. The summed E-state index contributed by atoms with van der Waals surface area (Å²) in [7, 11) is -2.29. The van der Waals surface area contributed by atoms with Crippen LogP contribution in [0.25, 0.3) is 22.0 Å². The van der Waals surface area contributed by atoms with Crippen LogP contribution in [0.1, 0.15) is 13.3 Å². The fourth-order valence-corrected chi connectivity index (χ4v) is 4.04. The van der Waals surface area contributed by atoms with Crippen LogP contribution < -0.4 is 15.8 Å². The highest BCUT2D eigenvalue weighted by Crippen LogP contribution is 2.25. The highest BCUT2D eigenvalue weighted by atomic mass is 32.2. The number of fused-ring (bicyclic) bond motifs is 1. The summed E-state index contributed by atoms with van der Waals surface area (Å²) in [4.78, 5) is 28.9. The van der Waals surface area contributed by atoms with Gasteiger partial charge in [-0.15, -0.1) is 0 Å². The van der Waals surface area contributed by atoms with Crippen LogP contribution in [0.5, 0.6) is 5.88 Å². The number of sulfone groups is 1. The van der Waals surface area contributed by atoms with E-state index >= 15 is 0 Å². The number of ether oxygens (including phenoxy) is 1. The van der Waals surface area contributed by atoms with Gasteiger partial charge in [0.15, 0.2) is 14.6 Å². The molecule has 0 radical (unpaired) electrons. The number of hydroxylamine groups is 1. The monoisotopic (exact) mass is 445 g/mol. The molecule has 0 spiro atoms. The minimum absolute atomic E-state index is 0.0163. The van der Waals surface area contributed by atoms with Crippen molar-refractivity contribution in [2.45, 2.75) is 24.6 Å². The third-order valence-electron chi connectivity index (χ3n) is 5.43. The van der Waals surface area contributed by atoms with Crippen LogP contribution in [0.2, 0.25) is 0 Å². The molecule has 0 saturated heterocycles. The van der Waals surface area contributed by atoms with Crippen molar-refractivity contribution in [2.24, 2.45) is 0 Å². The van der Waals surface area contributed by atoms with E-state index < -0.39 is 20.5 Å². The molecule has 10 heteroatoms. The molecule has 2 heterocycles. The van der Waals surface area contributed by atoms with Crippen molar-refractivity contribution >= 4 is 26.6 Å². The maximum Gasteiger partial charge on any atom is 0.264 e. The van der Waals surface area contributed by atoms with E-state index in [1.54, 1.807) is 25.4 Å². The number of rotatable bonds is 7. The van der Waals surface area contributed by atoms with Crippen LogP contribution >= 0.6 is 0 Å². The molecular weight excluding hydrogens is 422 g/mol. The Labute approximate surface area is 179 Å². The van der Waals surface area contributed by atoms with Crippen molar-refractivity contribution in [3.63, 3.8) is 0 Å². The molecule has 2 N–H and O–H groups in total. The molecule has 31 heavy (non-hydrogen) atoms. The second-order valence-corrected chi connectivity index (χ2v) is 9.85. The molecule has 0 aliphatic rings. The lowest BCUT2D eigenvalue weighted by atomic mass is 10.0. The average molecular weight is 445 g/mol. The lowest BCUT2D eigenvalue weighted by Crippen LogP contribution is -2.49. The quantitative estimate of drug-likeness (QED) is 0.419. The number of aryl methyl sites for hydroxylation is 1. The van der Waals surface area contributed by atoms with Crippen molar-refractivity contribution in [3.05, 3.63) is 59.0 Å². The van der Waals surface area contributed by atoms with Gasteiger partial charge in [-0.25, -0.2) is 18.9 Å². The van der Waals surface area contributed by atoms with Gasteiger partial charge < -0.3 is 9.30 Å². The Morgan fingerprint density at radius 1 is 1.19 bits per heavy atom. The number of aromatic nitrogens is 2. The first-order valence-electron chi connectivity index (χ1n) is 9.39. The first kappa shape index (κ1) is 22.4. The third kappa shape index (κ3) is 4.44. The van der Waals surface area contributed by atoms with Gasteiger partial charge in [-0.05, 0) is 48.7 Å². The molecular formula is C21H23N3O6S. The van der Waals surface area contributed by atoms with E-state index in [0.717, 1.165) is 22.7 Å². The smallest absolute Gasteiger partial charge is 0.264 e. The van der Waals surface area contributed by atoms with Gasteiger partial charge in [0.1, 0.15) is 0 Å². The van der Waals surface area contributed by atoms with Gasteiger partial charge in [-0.2, -0.15) is 0 Å². The fourth-order valence-electron chi connectivity index (χ4n) is 3.19. The molecule has 0 aliphatic carbocycles. The van der Waals surface area contributed by atoms with Gasteiger partial charge in [0, 0.05) is 36.5 Å². The number of hydrogen-bond donors (Lipinski definition) is 2. The SMILES string of the molecule is COc1ccc2cc(-c3ccn(CC[C@](C)(C(=O)NO)S(C)(=O)=O)c(=O)c3)ccc2n1. The van der Waals surface area contributed by atoms with Crippen LogP contribution in [0.15, 0.2) is 53.5 Å².